The number of carbonyl (C=O) groups is 2. The molecule has 0 spiro atoms. The summed E-state index contributed by atoms with van der Waals surface area (Å²) < 4.78 is 0.839. The molecule has 2 N–H and O–H groups in total. The Morgan fingerprint density at radius 1 is 1.17 bits per heavy atom. The number of nitrogens with zero attached hydrogens (tertiary/aromatic N) is 1. The molecule has 1 aromatic carbocycles. The number of pyridine rings is 1. The summed E-state index contributed by atoms with van der Waals surface area (Å²) in [5.41, 5.74) is 5.07. The fraction of sp³-hybridized carbons (Fsp3) is 0.261. The molecule has 4 rings (SSSR count). The van der Waals surface area contributed by atoms with Crippen molar-refractivity contribution < 1.29 is 9.59 Å². The number of hydrogen-bond donors (Lipinski definition) is 2. The Bertz CT molecular complexity index is 1050. The Morgan fingerprint density at radius 2 is 1.97 bits per heavy atom. The van der Waals surface area contributed by atoms with E-state index in [2.05, 4.69) is 31.5 Å². The molecule has 2 aliphatic rings. The first-order chi connectivity index (χ1) is 14.0. The minimum absolute atomic E-state index is 0.117. The number of Topliss-reactive ketones (excluding diaryl/α,β-unsaturated/α-hetero) is 1. The van der Waals surface area contributed by atoms with Crippen LogP contribution in [0.15, 0.2) is 69.6 Å². The number of hydrogen-bond acceptors (Lipinski definition) is 4. The van der Waals surface area contributed by atoms with Crippen LogP contribution in [-0.4, -0.2) is 16.7 Å². The summed E-state index contributed by atoms with van der Waals surface area (Å²) in [6, 6.07) is 11.5. The summed E-state index contributed by atoms with van der Waals surface area (Å²) in [6.45, 7) is 3.92. The zero-order valence-corrected chi connectivity index (χ0v) is 18.0. The molecule has 0 saturated carbocycles. The number of nitrogens with one attached hydrogen (secondary N) is 2. The van der Waals surface area contributed by atoms with Gasteiger partial charge in [0.25, 0.3) is 5.91 Å². The third kappa shape index (κ3) is 3.77. The van der Waals surface area contributed by atoms with Crippen LogP contribution in [0.4, 0.5) is 5.82 Å². The van der Waals surface area contributed by atoms with Crippen molar-refractivity contribution >= 4 is 33.4 Å². The lowest BCUT2D eigenvalue weighted by atomic mass is 9.74. The first kappa shape index (κ1) is 19.6. The number of benzene rings is 1. The number of allylic oxidation sites excluding steroid dienone is 3. The monoisotopic (exact) mass is 451 g/mol. The maximum absolute atomic E-state index is 13.3. The first-order valence-electron chi connectivity index (χ1n) is 9.68. The van der Waals surface area contributed by atoms with E-state index in [0.29, 0.717) is 17.8 Å². The lowest BCUT2D eigenvalue weighted by Crippen LogP contribution is -2.35. The summed E-state index contributed by atoms with van der Waals surface area (Å²) in [5.74, 6) is -0.0398. The van der Waals surface area contributed by atoms with Gasteiger partial charge < -0.3 is 10.6 Å². The fourth-order valence-corrected chi connectivity index (χ4v) is 4.37. The quantitative estimate of drug-likeness (QED) is 0.705. The number of dihydropyridines is 1. The van der Waals surface area contributed by atoms with E-state index in [9.17, 15) is 9.59 Å². The van der Waals surface area contributed by atoms with Gasteiger partial charge in [0.2, 0.25) is 0 Å². The Kier molecular flexibility index (Phi) is 5.37. The maximum atomic E-state index is 13.3. The average molecular weight is 452 g/mol. The van der Waals surface area contributed by atoms with Gasteiger partial charge in [0, 0.05) is 45.5 Å². The largest absolute Gasteiger partial charge is 0.362 e. The van der Waals surface area contributed by atoms with E-state index in [1.54, 1.807) is 12.3 Å². The Balaban J connectivity index is 1.80. The summed E-state index contributed by atoms with van der Waals surface area (Å²) in [7, 11) is 0. The van der Waals surface area contributed by atoms with Gasteiger partial charge in [-0.1, -0.05) is 24.3 Å². The van der Waals surface area contributed by atoms with Gasteiger partial charge in [0.05, 0.1) is 0 Å². The second-order valence-corrected chi connectivity index (χ2v) is 8.35. The van der Waals surface area contributed by atoms with Crippen LogP contribution < -0.4 is 10.6 Å². The number of aryl methyl sites for hydroxylation is 1. The van der Waals surface area contributed by atoms with Gasteiger partial charge in [-0.25, -0.2) is 4.98 Å². The number of amides is 1. The smallest absolute Gasteiger partial charge is 0.255 e. The molecule has 1 atom stereocenters. The fourth-order valence-electron chi connectivity index (χ4n) is 4.14. The molecule has 1 aromatic heterocycles. The minimum atomic E-state index is -0.379. The van der Waals surface area contributed by atoms with Crippen LogP contribution in [0, 0.1) is 6.92 Å². The van der Waals surface area contributed by atoms with E-state index >= 15 is 0 Å². The molecule has 0 saturated heterocycles. The van der Waals surface area contributed by atoms with E-state index < -0.39 is 0 Å². The molecule has 1 unspecified atom stereocenters. The first-order valence-corrected chi connectivity index (χ1v) is 10.5. The van der Waals surface area contributed by atoms with Crippen molar-refractivity contribution in [3.63, 3.8) is 0 Å². The summed E-state index contributed by atoms with van der Waals surface area (Å²) in [4.78, 5) is 30.5. The van der Waals surface area contributed by atoms with Crippen molar-refractivity contribution in [2.75, 3.05) is 5.32 Å². The molecule has 148 valence electrons. The van der Waals surface area contributed by atoms with Crippen LogP contribution in [0.1, 0.15) is 43.2 Å². The predicted octanol–water partition coefficient (Wildman–Crippen LogP) is 4.76. The van der Waals surface area contributed by atoms with Crippen molar-refractivity contribution in [1.82, 2.24) is 10.3 Å². The van der Waals surface area contributed by atoms with Crippen LogP contribution in [0.25, 0.3) is 0 Å². The van der Waals surface area contributed by atoms with Crippen molar-refractivity contribution in [3.05, 3.63) is 80.7 Å². The molecular formula is C23H22BrN3O2. The van der Waals surface area contributed by atoms with Gasteiger partial charge in [0.15, 0.2) is 5.78 Å². The number of rotatable bonds is 3. The molecule has 2 heterocycles. The number of carbonyl (C=O) groups excluding carboxylic acids is 2. The summed E-state index contributed by atoms with van der Waals surface area (Å²) in [6.07, 6.45) is 3.82. The second kappa shape index (κ2) is 7.95. The van der Waals surface area contributed by atoms with Gasteiger partial charge in [-0.2, -0.15) is 0 Å². The summed E-state index contributed by atoms with van der Waals surface area (Å²) >= 11 is 3.35. The highest BCUT2D eigenvalue weighted by Crippen LogP contribution is 2.43. The lowest BCUT2D eigenvalue weighted by molar-refractivity contribution is -0.116. The molecule has 0 bridgehead atoms. The van der Waals surface area contributed by atoms with E-state index in [0.717, 1.165) is 45.4 Å². The topological polar surface area (TPSA) is 71.1 Å². The normalized spacial score (nSPS) is 19.0. The third-order valence-corrected chi connectivity index (χ3v) is 5.96. The van der Waals surface area contributed by atoms with Crippen LogP contribution in [0.5, 0.6) is 0 Å². The minimum Gasteiger partial charge on any atom is -0.362 e. The number of anilines is 1. The van der Waals surface area contributed by atoms with Crippen molar-refractivity contribution in [2.45, 2.75) is 39.0 Å². The molecule has 6 heteroatoms. The van der Waals surface area contributed by atoms with Gasteiger partial charge in [-0.15, -0.1) is 0 Å². The van der Waals surface area contributed by atoms with Crippen molar-refractivity contribution in [2.24, 2.45) is 0 Å². The number of aromatic nitrogens is 1. The Labute approximate surface area is 178 Å². The van der Waals surface area contributed by atoms with Crippen LogP contribution in [0.3, 0.4) is 0 Å². The highest BCUT2D eigenvalue weighted by Gasteiger charge is 2.38. The summed E-state index contributed by atoms with van der Waals surface area (Å²) in [5, 5.41) is 6.24. The molecule has 1 amide bonds. The van der Waals surface area contributed by atoms with Crippen LogP contribution >= 0.6 is 15.9 Å². The van der Waals surface area contributed by atoms with E-state index in [1.807, 2.05) is 44.2 Å². The van der Waals surface area contributed by atoms with Gasteiger partial charge in [-0.05, 0) is 65.9 Å². The third-order valence-electron chi connectivity index (χ3n) is 5.49. The van der Waals surface area contributed by atoms with E-state index in [4.69, 9.17) is 0 Å². The maximum Gasteiger partial charge on any atom is 0.255 e. The van der Waals surface area contributed by atoms with Crippen molar-refractivity contribution in [3.8, 4) is 0 Å². The van der Waals surface area contributed by atoms with Crippen LogP contribution in [0.2, 0.25) is 0 Å². The highest BCUT2D eigenvalue weighted by molar-refractivity contribution is 9.10. The van der Waals surface area contributed by atoms with E-state index in [1.165, 1.54) is 0 Å². The SMILES string of the molecule is CC1=C(C(=O)Nc2ccc(Br)cn2)C(c2ccccc2C)C2=C(CCCC2=O)N1. The average Bonchev–Trinajstić information content (AvgIpc) is 2.69. The number of halogens is 1. The Morgan fingerprint density at radius 3 is 2.69 bits per heavy atom. The van der Waals surface area contributed by atoms with Crippen molar-refractivity contribution in [1.29, 1.82) is 0 Å². The molecule has 0 radical (unpaired) electrons. The molecule has 1 aliphatic carbocycles. The molecule has 0 fully saturated rings. The zero-order valence-electron chi connectivity index (χ0n) is 16.4. The van der Waals surface area contributed by atoms with Gasteiger partial charge >= 0.3 is 0 Å². The molecule has 1 aliphatic heterocycles. The molecule has 2 aromatic rings. The standard InChI is InChI=1S/C23H22BrN3O2/c1-13-6-3-4-7-16(13)21-20(23(29)27-19-11-10-15(24)12-25-19)14(2)26-17-8-5-9-18(28)22(17)21/h3-4,6-7,10-12,21,26H,5,8-9H2,1-2H3,(H,25,27,29). The molecular weight excluding hydrogens is 430 g/mol. The lowest BCUT2D eigenvalue weighted by Gasteiger charge is -2.35. The molecule has 5 nitrogen and oxygen atoms in total. The van der Waals surface area contributed by atoms with Gasteiger partial charge in [-0.3, -0.25) is 9.59 Å². The number of ketones is 1. The zero-order chi connectivity index (χ0) is 20.5. The van der Waals surface area contributed by atoms with E-state index in [-0.39, 0.29) is 17.6 Å². The highest BCUT2D eigenvalue weighted by atomic mass is 79.9. The van der Waals surface area contributed by atoms with Crippen LogP contribution in [-0.2, 0) is 9.59 Å². The predicted molar refractivity (Wildman–Crippen MR) is 116 cm³/mol. The Hall–Kier alpha value is -2.73. The van der Waals surface area contributed by atoms with Gasteiger partial charge in [0.1, 0.15) is 5.82 Å². The molecule has 29 heavy (non-hydrogen) atoms. The second-order valence-electron chi connectivity index (χ2n) is 7.44.